The number of fused-ring (bicyclic) bond motifs is 1. The highest BCUT2D eigenvalue weighted by Crippen LogP contribution is 2.35. The molecule has 0 saturated carbocycles. The number of aliphatic imine (C=N–C) groups is 1. The van der Waals surface area contributed by atoms with Crippen molar-refractivity contribution < 1.29 is 22.4 Å². The zero-order valence-electron chi connectivity index (χ0n) is 10.0. The lowest BCUT2D eigenvalue weighted by atomic mass is 10.1. The van der Waals surface area contributed by atoms with Crippen molar-refractivity contribution in [2.24, 2.45) is 10.1 Å². The van der Waals surface area contributed by atoms with E-state index in [1.807, 2.05) is 0 Å². The Morgan fingerprint density at radius 3 is 2.81 bits per heavy atom. The molecule has 6 nitrogen and oxygen atoms in total. The van der Waals surface area contributed by atoms with Gasteiger partial charge in [-0.2, -0.15) is 28.3 Å². The Kier molecular flexibility index (Phi) is 2.97. The maximum absolute atomic E-state index is 12.6. The van der Waals surface area contributed by atoms with Crippen LogP contribution in [-0.2, 0) is 4.79 Å². The Bertz CT molecular complexity index is 718. The van der Waals surface area contributed by atoms with Gasteiger partial charge in [-0.05, 0) is 23.9 Å². The molecular weight excluding hydrogens is 309 g/mol. The van der Waals surface area contributed by atoms with Crippen molar-refractivity contribution in [1.82, 2.24) is 5.01 Å². The van der Waals surface area contributed by atoms with Gasteiger partial charge in [0, 0.05) is 5.56 Å². The van der Waals surface area contributed by atoms with E-state index in [0.29, 0.717) is 10.6 Å². The van der Waals surface area contributed by atoms with E-state index in [4.69, 9.17) is 9.83 Å². The summed E-state index contributed by atoms with van der Waals surface area (Å²) in [7, 11) is 0. The highest BCUT2D eigenvalue weighted by atomic mass is 32.2. The Hall–Kier alpha value is -2.36. The zero-order chi connectivity index (χ0) is 15.2. The van der Waals surface area contributed by atoms with Crippen LogP contribution in [0.2, 0.25) is 0 Å². The van der Waals surface area contributed by atoms with Crippen LogP contribution in [0.1, 0.15) is 5.56 Å². The summed E-state index contributed by atoms with van der Waals surface area (Å²) in [6.07, 6.45) is -0.651. The average molecular weight is 314 g/mol. The number of nitrogens with zero attached hydrogens (tertiary/aromatic N) is 3. The third-order valence-corrected chi connectivity index (χ3v) is 3.50. The average Bonchev–Trinajstić information content (AvgIpc) is 3.02. The number of carbonyl (C=O) groups excluding carboxylic acids is 1. The predicted molar refractivity (Wildman–Crippen MR) is 69.8 cm³/mol. The molecule has 0 atom stereocenters. The van der Waals surface area contributed by atoms with Crippen molar-refractivity contribution in [3.8, 4) is 0 Å². The number of rotatable bonds is 1. The molecule has 0 saturated heterocycles. The molecule has 0 aliphatic carbocycles. The number of hydrogen-bond donors (Lipinski definition) is 1. The highest BCUT2D eigenvalue weighted by Gasteiger charge is 2.46. The SMILES string of the molecule is N=C1/C(=C\c2ccoc2)C(=O)N=C2SC(C(F)(F)F)=NN12. The third-order valence-electron chi connectivity index (χ3n) is 2.55. The maximum atomic E-state index is 12.6. The van der Waals surface area contributed by atoms with Gasteiger partial charge >= 0.3 is 6.18 Å². The highest BCUT2D eigenvalue weighted by molar-refractivity contribution is 8.27. The van der Waals surface area contributed by atoms with Gasteiger partial charge in [-0.15, -0.1) is 0 Å². The molecule has 1 amide bonds. The minimum Gasteiger partial charge on any atom is -0.472 e. The molecule has 0 radical (unpaired) electrons. The van der Waals surface area contributed by atoms with E-state index in [-0.39, 0.29) is 22.5 Å². The summed E-state index contributed by atoms with van der Waals surface area (Å²) >= 11 is 0.213. The monoisotopic (exact) mass is 314 g/mol. The number of amidine groups is 2. The van der Waals surface area contributed by atoms with Crippen LogP contribution in [-0.4, -0.2) is 33.1 Å². The molecule has 21 heavy (non-hydrogen) atoms. The maximum Gasteiger partial charge on any atom is 0.441 e. The first kappa shape index (κ1) is 13.6. The molecule has 3 heterocycles. The molecule has 0 aromatic carbocycles. The molecule has 0 bridgehead atoms. The number of furan rings is 1. The summed E-state index contributed by atoms with van der Waals surface area (Å²) < 4.78 is 42.7. The van der Waals surface area contributed by atoms with E-state index in [1.165, 1.54) is 24.7 Å². The summed E-state index contributed by atoms with van der Waals surface area (Å²) in [5.74, 6) is -1.25. The lowest BCUT2D eigenvalue weighted by Gasteiger charge is -2.19. The molecule has 10 heteroatoms. The standard InChI is InChI=1S/C11H5F3N4O2S/c12-11(13,14)9-17-18-7(15)6(3-5-1-2-20-4-5)8(19)16-10(18)21-9/h1-4,15H/b6-3+,15-7?. The van der Waals surface area contributed by atoms with Crippen molar-refractivity contribution in [2.45, 2.75) is 6.18 Å². The molecule has 2 aliphatic heterocycles. The first-order valence-electron chi connectivity index (χ1n) is 5.46. The molecule has 108 valence electrons. The van der Waals surface area contributed by atoms with Crippen LogP contribution in [0.25, 0.3) is 6.08 Å². The van der Waals surface area contributed by atoms with Gasteiger partial charge in [0.05, 0.1) is 18.1 Å². The fourth-order valence-electron chi connectivity index (χ4n) is 1.63. The van der Waals surface area contributed by atoms with Crippen LogP contribution in [0.5, 0.6) is 0 Å². The molecule has 1 aromatic rings. The van der Waals surface area contributed by atoms with Crippen molar-refractivity contribution in [1.29, 1.82) is 5.41 Å². The fourth-order valence-corrected chi connectivity index (χ4v) is 2.39. The first-order valence-corrected chi connectivity index (χ1v) is 6.27. The molecule has 0 fully saturated rings. The number of hydrogen-bond acceptors (Lipinski definition) is 5. The van der Waals surface area contributed by atoms with Gasteiger partial charge in [-0.25, -0.2) is 0 Å². The second-order valence-electron chi connectivity index (χ2n) is 3.98. The van der Waals surface area contributed by atoms with Crippen LogP contribution in [0.3, 0.4) is 0 Å². The van der Waals surface area contributed by atoms with Crippen molar-refractivity contribution >= 4 is 39.8 Å². The fraction of sp³-hybridized carbons (Fsp3) is 0.0909. The second kappa shape index (κ2) is 4.58. The number of carbonyl (C=O) groups is 1. The molecule has 1 aromatic heterocycles. The van der Waals surface area contributed by atoms with Crippen LogP contribution in [0, 0.1) is 5.41 Å². The van der Waals surface area contributed by atoms with E-state index in [1.54, 1.807) is 0 Å². The number of amides is 1. The Morgan fingerprint density at radius 1 is 1.43 bits per heavy atom. The van der Waals surface area contributed by atoms with Crippen LogP contribution < -0.4 is 0 Å². The van der Waals surface area contributed by atoms with Gasteiger partial charge in [0.25, 0.3) is 5.91 Å². The van der Waals surface area contributed by atoms with E-state index in [0.717, 1.165) is 0 Å². The van der Waals surface area contributed by atoms with Crippen molar-refractivity contribution in [3.05, 3.63) is 29.7 Å². The van der Waals surface area contributed by atoms with Crippen LogP contribution in [0.4, 0.5) is 13.2 Å². The summed E-state index contributed by atoms with van der Waals surface area (Å²) in [4.78, 5) is 15.4. The summed E-state index contributed by atoms with van der Waals surface area (Å²) in [6, 6.07) is 1.54. The van der Waals surface area contributed by atoms with Crippen LogP contribution >= 0.6 is 11.8 Å². The quantitative estimate of drug-likeness (QED) is 0.807. The predicted octanol–water partition coefficient (Wildman–Crippen LogP) is 2.46. The normalized spacial score (nSPS) is 20.7. The second-order valence-corrected chi connectivity index (χ2v) is 4.94. The summed E-state index contributed by atoms with van der Waals surface area (Å²) in [6.45, 7) is 0. The van der Waals surface area contributed by atoms with Gasteiger partial charge in [0.2, 0.25) is 10.2 Å². The van der Waals surface area contributed by atoms with Crippen molar-refractivity contribution in [2.75, 3.05) is 0 Å². The molecule has 0 spiro atoms. The van der Waals surface area contributed by atoms with Gasteiger partial charge in [0.1, 0.15) is 0 Å². The molecule has 2 aliphatic rings. The number of alkyl halides is 3. The van der Waals surface area contributed by atoms with Gasteiger partial charge in [-0.3, -0.25) is 10.2 Å². The Balaban J connectivity index is 1.99. The molecular formula is C11H5F3N4O2S. The summed E-state index contributed by atoms with van der Waals surface area (Å²) in [5, 5.41) is 10.4. The minimum atomic E-state index is -4.65. The zero-order valence-corrected chi connectivity index (χ0v) is 10.8. The number of halogens is 3. The lowest BCUT2D eigenvalue weighted by molar-refractivity contribution is -0.114. The van der Waals surface area contributed by atoms with E-state index in [9.17, 15) is 18.0 Å². The number of hydrazone groups is 1. The lowest BCUT2D eigenvalue weighted by Crippen LogP contribution is -2.35. The number of nitrogens with one attached hydrogen (secondary N) is 1. The van der Waals surface area contributed by atoms with Gasteiger partial charge in [-0.1, -0.05) is 0 Å². The summed E-state index contributed by atoms with van der Waals surface area (Å²) in [5.41, 5.74) is 0.335. The van der Waals surface area contributed by atoms with Gasteiger partial charge in [0.15, 0.2) is 5.84 Å². The van der Waals surface area contributed by atoms with E-state index in [2.05, 4.69) is 10.1 Å². The molecule has 1 N–H and O–H groups in total. The first-order chi connectivity index (χ1) is 9.86. The largest absolute Gasteiger partial charge is 0.472 e. The topological polar surface area (TPSA) is 82.0 Å². The smallest absolute Gasteiger partial charge is 0.441 e. The van der Waals surface area contributed by atoms with E-state index >= 15 is 0 Å². The third kappa shape index (κ3) is 2.37. The van der Waals surface area contributed by atoms with E-state index < -0.39 is 23.0 Å². The number of thioether (sulfide) groups is 1. The molecule has 0 unspecified atom stereocenters. The van der Waals surface area contributed by atoms with Gasteiger partial charge < -0.3 is 4.42 Å². The van der Waals surface area contributed by atoms with Crippen molar-refractivity contribution in [3.63, 3.8) is 0 Å². The Labute approximate surface area is 119 Å². The molecule has 3 rings (SSSR count). The Morgan fingerprint density at radius 2 is 2.19 bits per heavy atom. The minimum absolute atomic E-state index is 0.159. The van der Waals surface area contributed by atoms with Crippen LogP contribution in [0.15, 0.2) is 38.7 Å².